The van der Waals surface area contributed by atoms with Gasteiger partial charge in [0.1, 0.15) is 11.2 Å². The highest BCUT2D eigenvalue weighted by atomic mass is 16.6. The second-order valence-electron chi connectivity index (χ2n) is 7.86. The lowest BCUT2D eigenvalue weighted by Crippen LogP contribution is -2.50. The Morgan fingerprint density at radius 2 is 1.93 bits per heavy atom. The Balaban J connectivity index is 1.67. The fourth-order valence-electron chi connectivity index (χ4n) is 4.00. The lowest BCUT2D eigenvalue weighted by Gasteiger charge is -2.37. The zero-order valence-corrected chi connectivity index (χ0v) is 16.7. The maximum Gasteiger partial charge on any atom is 0.410 e. The average molecular weight is 375 g/mol. The van der Waals surface area contributed by atoms with Crippen LogP contribution in [0.1, 0.15) is 55.6 Å². The molecule has 7 nitrogen and oxygen atoms in total. The van der Waals surface area contributed by atoms with Crippen molar-refractivity contribution in [2.24, 2.45) is 7.05 Å². The van der Waals surface area contributed by atoms with E-state index in [4.69, 9.17) is 4.74 Å². The molecule has 0 saturated carbocycles. The molecule has 27 heavy (non-hydrogen) atoms. The fraction of sp³-hybridized carbons (Fsp3) is 0.650. The first kappa shape index (κ1) is 19.5. The third-order valence-electron chi connectivity index (χ3n) is 5.98. The van der Waals surface area contributed by atoms with E-state index in [1.54, 1.807) is 24.1 Å². The van der Waals surface area contributed by atoms with Crippen LogP contribution in [0.4, 0.5) is 4.79 Å². The topological polar surface area (TPSA) is 71.8 Å². The lowest BCUT2D eigenvalue weighted by molar-refractivity contribution is 0.00300. The van der Waals surface area contributed by atoms with E-state index in [1.807, 2.05) is 11.8 Å². The zero-order chi connectivity index (χ0) is 19.8. The Bertz CT molecular complexity index is 793. The van der Waals surface area contributed by atoms with Gasteiger partial charge in [-0.3, -0.25) is 9.59 Å². The summed E-state index contributed by atoms with van der Waals surface area (Å²) in [5.41, 5.74) is 0.231. The van der Waals surface area contributed by atoms with Crippen LogP contribution in [-0.2, 0) is 11.8 Å². The number of rotatable bonds is 4. The van der Waals surface area contributed by atoms with E-state index < -0.39 is 5.60 Å². The minimum Gasteiger partial charge on any atom is -0.441 e. The monoisotopic (exact) mass is 375 g/mol. The molecule has 3 rings (SSSR count). The molecule has 0 N–H and O–H groups in total. The van der Waals surface area contributed by atoms with Gasteiger partial charge >= 0.3 is 6.09 Å². The summed E-state index contributed by atoms with van der Waals surface area (Å²) < 4.78 is 7.24. The van der Waals surface area contributed by atoms with Crippen molar-refractivity contribution in [3.8, 4) is 0 Å². The lowest BCUT2D eigenvalue weighted by atomic mass is 9.90. The number of carbonyl (C=O) groups is 2. The van der Waals surface area contributed by atoms with Crippen LogP contribution in [0.5, 0.6) is 0 Å². The second kappa shape index (κ2) is 7.37. The first-order valence-electron chi connectivity index (χ1n) is 9.73. The number of aromatic nitrogens is 1. The van der Waals surface area contributed by atoms with E-state index in [0.29, 0.717) is 32.5 Å². The number of likely N-dealkylation sites (tertiary alicyclic amines) is 1. The average Bonchev–Trinajstić information content (AvgIpc) is 2.96. The van der Waals surface area contributed by atoms with E-state index in [-0.39, 0.29) is 29.2 Å². The summed E-state index contributed by atoms with van der Waals surface area (Å²) >= 11 is 0. The zero-order valence-electron chi connectivity index (χ0n) is 16.7. The van der Waals surface area contributed by atoms with Gasteiger partial charge in [0.25, 0.3) is 11.5 Å². The minimum atomic E-state index is -0.506. The van der Waals surface area contributed by atoms with Crippen LogP contribution in [0, 0.1) is 6.92 Å². The van der Waals surface area contributed by atoms with E-state index in [9.17, 15) is 14.4 Å². The van der Waals surface area contributed by atoms with Gasteiger partial charge in [-0.2, -0.15) is 0 Å². The normalized spacial score (nSPS) is 20.1. The smallest absolute Gasteiger partial charge is 0.410 e. The summed E-state index contributed by atoms with van der Waals surface area (Å²) in [5, 5.41) is 0. The molecule has 2 aliphatic heterocycles. The Labute approximate surface area is 159 Å². The number of hydrogen-bond donors (Lipinski definition) is 0. The van der Waals surface area contributed by atoms with Crippen molar-refractivity contribution in [1.29, 1.82) is 0 Å². The third-order valence-corrected chi connectivity index (χ3v) is 5.98. The van der Waals surface area contributed by atoms with Crippen LogP contribution in [0.2, 0.25) is 0 Å². The molecule has 0 bridgehead atoms. The van der Waals surface area contributed by atoms with Gasteiger partial charge < -0.3 is 19.1 Å². The van der Waals surface area contributed by atoms with E-state index in [0.717, 1.165) is 18.5 Å². The number of pyridine rings is 1. The molecule has 2 amide bonds. The van der Waals surface area contributed by atoms with Crippen LogP contribution in [-0.4, -0.2) is 57.6 Å². The molecule has 0 aromatic carbocycles. The molecule has 0 radical (unpaired) electrons. The van der Waals surface area contributed by atoms with Crippen molar-refractivity contribution in [1.82, 2.24) is 14.4 Å². The first-order valence-corrected chi connectivity index (χ1v) is 9.73. The van der Waals surface area contributed by atoms with Gasteiger partial charge in [-0.25, -0.2) is 4.79 Å². The quantitative estimate of drug-likeness (QED) is 0.810. The molecule has 3 heterocycles. The molecule has 2 saturated heterocycles. The van der Waals surface area contributed by atoms with Crippen LogP contribution in [0.25, 0.3) is 0 Å². The summed E-state index contributed by atoms with van der Waals surface area (Å²) in [5.74, 6) is -0.244. The van der Waals surface area contributed by atoms with E-state index in [1.165, 1.54) is 4.57 Å². The van der Waals surface area contributed by atoms with Gasteiger partial charge in [0.05, 0.1) is 6.54 Å². The molecular formula is C20H29N3O4. The Hall–Kier alpha value is -2.31. The summed E-state index contributed by atoms with van der Waals surface area (Å²) in [4.78, 5) is 41.0. The number of carbonyl (C=O) groups excluding carboxylic acids is 2. The van der Waals surface area contributed by atoms with Crippen LogP contribution in [0.3, 0.4) is 0 Å². The number of hydrogen-bond acceptors (Lipinski definition) is 4. The van der Waals surface area contributed by atoms with Crippen LogP contribution < -0.4 is 5.56 Å². The van der Waals surface area contributed by atoms with Gasteiger partial charge in [-0.1, -0.05) is 13.3 Å². The van der Waals surface area contributed by atoms with Crippen molar-refractivity contribution < 1.29 is 14.3 Å². The largest absolute Gasteiger partial charge is 0.441 e. The van der Waals surface area contributed by atoms with Crippen molar-refractivity contribution in [3.05, 3.63) is 33.7 Å². The SMILES string of the molecule is CCC[C@@H](C)N1CC2(CCN(C(=O)c3ccc(C)n(C)c3=O)CC2)OC1=O. The molecule has 0 unspecified atom stereocenters. The van der Waals surface area contributed by atoms with E-state index >= 15 is 0 Å². The summed E-state index contributed by atoms with van der Waals surface area (Å²) in [6.45, 7) is 7.54. The summed E-state index contributed by atoms with van der Waals surface area (Å²) in [7, 11) is 1.67. The molecule has 2 aliphatic rings. The molecule has 148 valence electrons. The molecule has 1 atom stereocenters. The molecule has 2 fully saturated rings. The second-order valence-corrected chi connectivity index (χ2v) is 7.86. The van der Waals surface area contributed by atoms with Gasteiger partial charge in [0, 0.05) is 44.7 Å². The molecule has 1 aromatic rings. The number of aryl methyl sites for hydroxylation is 1. The molecule has 0 aliphatic carbocycles. The van der Waals surface area contributed by atoms with Crippen molar-refractivity contribution >= 4 is 12.0 Å². The maximum atomic E-state index is 12.8. The van der Waals surface area contributed by atoms with Gasteiger partial charge in [0.15, 0.2) is 0 Å². The number of amides is 2. The Kier molecular flexibility index (Phi) is 5.31. The predicted molar refractivity (Wildman–Crippen MR) is 102 cm³/mol. The maximum absolute atomic E-state index is 12.8. The van der Waals surface area contributed by atoms with Crippen molar-refractivity contribution in [3.63, 3.8) is 0 Å². The summed E-state index contributed by atoms with van der Waals surface area (Å²) in [6.07, 6.45) is 2.93. The van der Waals surface area contributed by atoms with Crippen LogP contribution in [0.15, 0.2) is 16.9 Å². The van der Waals surface area contributed by atoms with Crippen molar-refractivity contribution in [2.45, 2.75) is 58.1 Å². The Morgan fingerprint density at radius 3 is 2.56 bits per heavy atom. The van der Waals surface area contributed by atoms with E-state index in [2.05, 4.69) is 13.8 Å². The number of nitrogens with zero attached hydrogens (tertiary/aromatic N) is 3. The fourth-order valence-corrected chi connectivity index (χ4v) is 4.00. The minimum absolute atomic E-state index is 0.164. The third kappa shape index (κ3) is 3.59. The number of ether oxygens (including phenoxy) is 1. The molecule has 1 spiro atoms. The summed E-state index contributed by atoms with van der Waals surface area (Å²) in [6, 6.07) is 3.55. The first-order chi connectivity index (χ1) is 12.8. The molecular weight excluding hydrogens is 346 g/mol. The predicted octanol–water partition coefficient (Wildman–Crippen LogP) is 2.31. The van der Waals surface area contributed by atoms with Crippen LogP contribution >= 0.6 is 0 Å². The van der Waals surface area contributed by atoms with Gasteiger partial charge in [-0.15, -0.1) is 0 Å². The highest BCUT2D eigenvalue weighted by molar-refractivity contribution is 5.94. The molecule has 7 heteroatoms. The van der Waals surface area contributed by atoms with Gasteiger partial charge in [-0.05, 0) is 32.4 Å². The van der Waals surface area contributed by atoms with Crippen molar-refractivity contribution in [2.75, 3.05) is 19.6 Å². The van der Waals surface area contributed by atoms with Gasteiger partial charge in [0.2, 0.25) is 0 Å². The number of piperidine rings is 1. The molecule has 1 aromatic heterocycles. The highest BCUT2D eigenvalue weighted by Crippen LogP contribution is 2.35. The Morgan fingerprint density at radius 1 is 1.26 bits per heavy atom. The highest BCUT2D eigenvalue weighted by Gasteiger charge is 2.48. The standard InChI is InChI=1S/C20H29N3O4/c1-5-6-15(3)23-13-20(27-19(23)26)9-11-22(12-10-20)18(25)16-8-7-14(2)21(4)17(16)24/h7-8,15H,5-6,9-13H2,1-4H3/t15-/m1/s1.